The molecule has 0 saturated heterocycles. The van der Waals surface area contributed by atoms with Crippen molar-refractivity contribution in [3.8, 4) is 0 Å². The lowest BCUT2D eigenvalue weighted by molar-refractivity contribution is -0.142. The Morgan fingerprint density at radius 1 is 1.11 bits per heavy atom. The number of carbonyl (C=O) groups is 1. The Kier molecular flexibility index (Phi) is 4.63. The first-order chi connectivity index (χ1) is 9.16. The van der Waals surface area contributed by atoms with Crippen LogP contribution in [0, 0.1) is 0 Å². The smallest absolute Gasteiger partial charge is 0.302 e. The maximum Gasteiger partial charge on any atom is 0.302 e. The van der Waals surface area contributed by atoms with E-state index >= 15 is 0 Å². The van der Waals surface area contributed by atoms with E-state index in [0.717, 1.165) is 10.5 Å². The third-order valence-corrected chi connectivity index (χ3v) is 3.23. The number of hydrogen-bond acceptors (Lipinski definition) is 3. The van der Waals surface area contributed by atoms with Crippen LogP contribution in [0.4, 0.5) is 0 Å². The Bertz CT molecular complexity index is 557. The van der Waals surface area contributed by atoms with E-state index in [9.17, 15) is 4.79 Å². The van der Waals surface area contributed by atoms with Gasteiger partial charge in [0.05, 0.1) is 0 Å². The van der Waals surface area contributed by atoms with Gasteiger partial charge in [-0.25, -0.2) is 0 Å². The third kappa shape index (κ3) is 4.45. The highest BCUT2D eigenvalue weighted by molar-refractivity contribution is 7.80. The van der Waals surface area contributed by atoms with Crippen LogP contribution in [0.2, 0.25) is 0 Å². The van der Waals surface area contributed by atoms with Crippen molar-refractivity contribution in [3.63, 3.8) is 0 Å². The summed E-state index contributed by atoms with van der Waals surface area (Å²) in [5.74, 6) is -0.272. The number of fused-ring (bicyclic) bond motifs is 1. The second-order valence-electron chi connectivity index (χ2n) is 4.35. The zero-order valence-electron chi connectivity index (χ0n) is 10.8. The SMILES string of the molecule is CC(=O)OCc1ccccc1S.c1ccc2c(c1)C2. The first-order valence-corrected chi connectivity index (χ1v) is 6.58. The van der Waals surface area contributed by atoms with Gasteiger partial charge in [0.15, 0.2) is 0 Å². The Balaban J connectivity index is 0.000000159. The van der Waals surface area contributed by atoms with E-state index in [1.165, 1.54) is 24.5 Å². The molecular weight excluding hydrogens is 256 g/mol. The Morgan fingerprint density at radius 3 is 2.21 bits per heavy atom. The molecule has 1 aliphatic carbocycles. The van der Waals surface area contributed by atoms with E-state index in [0.29, 0.717) is 6.61 Å². The molecule has 0 bridgehead atoms. The van der Waals surface area contributed by atoms with Crippen LogP contribution < -0.4 is 0 Å². The minimum absolute atomic E-state index is 0.272. The Hall–Kier alpha value is -1.74. The highest BCUT2D eigenvalue weighted by Gasteiger charge is 2.12. The van der Waals surface area contributed by atoms with Crippen LogP contribution >= 0.6 is 12.6 Å². The quantitative estimate of drug-likeness (QED) is 0.569. The number of carbonyl (C=O) groups excluding carboxylic acids is 1. The van der Waals surface area contributed by atoms with Crippen molar-refractivity contribution in [1.82, 2.24) is 0 Å². The van der Waals surface area contributed by atoms with Gasteiger partial charge < -0.3 is 4.74 Å². The fourth-order valence-corrected chi connectivity index (χ4v) is 1.87. The molecule has 0 heterocycles. The van der Waals surface area contributed by atoms with E-state index in [2.05, 4.69) is 36.9 Å². The molecule has 0 fully saturated rings. The van der Waals surface area contributed by atoms with Crippen molar-refractivity contribution in [2.75, 3.05) is 0 Å². The molecule has 3 rings (SSSR count). The summed E-state index contributed by atoms with van der Waals surface area (Å²) in [6.45, 7) is 1.69. The minimum atomic E-state index is -0.272. The van der Waals surface area contributed by atoms with Gasteiger partial charge in [0.2, 0.25) is 0 Å². The van der Waals surface area contributed by atoms with Crippen molar-refractivity contribution in [1.29, 1.82) is 0 Å². The first-order valence-electron chi connectivity index (χ1n) is 6.14. The topological polar surface area (TPSA) is 26.3 Å². The molecule has 0 atom stereocenters. The average Bonchev–Trinajstić information content (AvgIpc) is 3.17. The lowest BCUT2D eigenvalue weighted by Gasteiger charge is -2.03. The fraction of sp³-hybridized carbons (Fsp3) is 0.188. The molecular formula is C16H16O2S. The third-order valence-electron chi connectivity index (χ3n) is 2.80. The molecule has 0 N–H and O–H groups in total. The molecule has 98 valence electrons. The van der Waals surface area contributed by atoms with Crippen LogP contribution in [-0.2, 0) is 22.6 Å². The normalized spacial score (nSPS) is 10.8. The van der Waals surface area contributed by atoms with Crippen LogP contribution in [-0.4, -0.2) is 5.97 Å². The molecule has 0 saturated carbocycles. The first kappa shape index (κ1) is 13.7. The molecule has 0 aliphatic heterocycles. The number of hydrogen-bond donors (Lipinski definition) is 1. The highest BCUT2D eigenvalue weighted by atomic mass is 32.1. The van der Waals surface area contributed by atoms with Crippen LogP contribution in [0.25, 0.3) is 0 Å². The van der Waals surface area contributed by atoms with Crippen LogP contribution in [0.1, 0.15) is 23.6 Å². The summed E-state index contributed by atoms with van der Waals surface area (Å²) in [5, 5.41) is 0. The molecule has 0 amide bonds. The molecule has 1 aliphatic rings. The number of esters is 1. The summed E-state index contributed by atoms with van der Waals surface area (Å²) in [6.07, 6.45) is 1.24. The number of benzene rings is 2. The predicted octanol–water partition coefficient (Wildman–Crippen LogP) is 3.63. The standard InChI is InChI=1S/C9H10O2S.C7H6/c1-7(10)11-6-8-4-2-3-5-9(8)12;1-2-4-7-5-6(7)3-1/h2-5,12H,6H2,1H3;1-4H,5H2. The number of thiol groups is 1. The van der Waals surface area contributed by atoms with E-state index in [-0.39, 0.29) is 5.97 Å². The fourth-order valence-electron chi connectivity index (χ4n) is 1.65. The van der Waals surface area contributed by atoms with Gasteiger partial charge in [-0.15, -0.1) is 12.6 Å². The highest BCUT2D eigenvalue weighted by Crippen LogP contribution is 2.25. The summed E-state index contributed by atoms with van der Waals surface area (Å²) >= 11 is 4.21. The van der Waals surface area contributed by atoms with Gasteiger partial charge in [0, 0.05) is 17.4 Å². The van der Waals surface area contributed by atoms with Crippen LogP contribution in [0.15, 0.2) is 53.4 Å². The van der Waals surface area contributed by atoms with Gasteiger partial charge in [-0.2, -0.15) is 0 Å². The van der Waals surface area contributed by atoms with Gasteiger partial charge in [-0.3, -0.25) is 4.79 Å². The van der Waals surface area contributed by atoms with Crippen molar-refractivity contribution in [2.24, 2.45) is 0 Å². The van der Waals surface area contributed by atoms with E-state index < -0.39 is 0 Å². The molecule has 0 spiro atoms. The van der Waals surface area contributed by atoms with Gasteiger partial charge in [0.1, 0.15) is 6.61 Å². The van der Waals surface area contributed by atoms with Crippen molar-refractivity contribution >= 4 is 18.6 Å². The zero-order valence-corrected chi connectivity index (χ0v) is 11.7. The summed E-state index contributed by atoms with van der Waals surface area (Å²) in [6, 6.07) is 16.0. The van der Waals surface area contributed by atoms with Gasteiger partial charge in [-0.1, -0.05) is 42.5 Å². The molecule has 0 unspecified atom stereocenters. The molecule has 2 aromatic carbocycles. The predicted molar refractivity (Wildman–Crippen MR) is 78.4 cm³/mol. The maximum absolute atomic E-state index is 10.5. The zero-order chi connectivity index (χ0) is 13.7. The number of ether oxygens (including phenoxy) is 1. The summed E-state index contributed by atoms with van der Waals surface area (Å²) < 4.78 is 4.82. The van der Waals surface area contributed by atoms with Crippen LogP contribution in [0.5, 0.6) is 0 Å². The van der Waals surface area contributed by atoms with Crippen molar-refractivity contribution in [3.05, 3.63) is 65.2 Å². The Morgan fingerprint density at radius 2 is 1.68 bits per heavy atom. The molecule has 0 aromatic heterocycles. The van der Waals surface area contributed by atoms with E-state index in [1.807, 2.05) is 24.3 Å². The maximum atomic E-state index is 10.5. The van der Waals surface area contributed by atoms with E-state index in [1.54, 1.807) is 0 Å². The summed E-state index contributed by atoms with van der Waals surface area (Å²) in [5.41, 5.74) is 3.99. The number of rotatable bonds is 2. The van der Waals surface area contributed by atoms with Crippen LogP contribution in [0.3, 0.4) is 0 Å². The second-order valence-corrected chi connectivity index (χ2v) is 4.84. The molecule has 19 heavy (non-hydrogen) atoms. The lowest BCUT2D eigenvalue weighted by Crippen LogP contribution is -1.99. The molecule has 3 heteroatoms. The largest absolute Gasteiger partial charge is 0.461 e. The molecule has 0 radical (unpaired) electrons. The van der Waals surface area contributed by atoms with Gasteiger partial charge >= 0.3 is 5.97 Å². The lowest BCUT2D eigenvalue weighted by atomic mass is 10.2. The summed E-state index contributed by atoms with van der Waals surface area (Å²) in [4.78, 5) is 11.3. The monoisotopic (exact) mass is 272 g/mol. The van der Waals surface area contributed by atoms with Gasteiger partial charge in [0.25, 0.3) is 0 Å². The van der Waals surface area contributed by atoms with E-state index in [4.69, 9.17) is 4.74 Å². The summed E-state index contributed by atoms with van der Waals surface area (Å²) in [7, 11) is 0. The second kappa shape index (κ2) is 6.43. The van der Waals surface area contributed by atoms with Crippen molar-refractivity contribution in [2.45, 2.75) is 24.8 Å². The van der Waals surface area contributed by atoms with Crippen molar-refractivity contribution < 1.29 is 9.53 Å². The Labute approximate surface area is 118 Å². The molecule has 2 nitrogen and oxygen atoms in total. The average molecular weight is 272 g/mol. The minimum Gasteiger partial charge on any atom is -0.461 e. The molecule has 2 aromatic rings. The van der Waals surface area contributed by atoms with Gasteiger partial charge in [-0.05, 0) is 23.6 Å².